The molecule has 0 aliphatic heterocycles. The lowest BCUT2D eigenvalue weighted by Gasteiger charge is -2.01. The minimum absolute atomic E-state index is 0.257. The number of furan rings is 1. The third kappa shape index (κ3) is 2.14. The fraction of sp³-hybridized carbons (Fsp3) is 0.143. The van der Waals surface area contributed by atoms with Gasteiger partial charge in [-0.05, 0) is 30.7 Å². The molecule has 0 spiro atoms. The van der Waals surface area contributed by atoms with E-state index in [1.165, 1.54) is 17.6 Å². The number of benzene rings is 1. The van der Waals surface area contributed by atoms with E-state index >= 15 is 0 Å². The van der Waals surface area contributed by atoms with Crippen LogP contribution in [0.25, 0.3) is 10.2 Å². The van der Waals surface area contributed by atoms with Crippen LogP contribution in [0.1, 0.15) is 16.1 Å². The molecule has 2 aromatic heterocycles. The van der Waals surface area contributed by atoms with E-state index in [-0.39, 0.29) is 11.7 Å². The second-order valence-corrected chi connectivity index (χ2v) is 5.21. The molecular weight excluding hydrogens is 276 g/mol. The number of methoxy groups -OCH3 is 1. The number of thiazole rings is 1. The van der Waals surface area contributed by atoms with E-state index in [4.69, 9.17) is 9.15 Å². The van der Waals surface area contributed by atoms with Crippen molar-refractivity contribution < 1.29 is 13.9 Å². The summed E-state index contributed by atoms with van der Waals surface area (Å²) < 4.78 is 11.3. The quantitative estimate of drug-likeness (QED) is 0.801. The van der Waals surface area contributed by atoms with Crippen LogP contribution in [0, 0.1) is 6.92 Å². The number of amides is 1. The second-order valence-electron chi connectivity index (χ2n) is 4.21. The third-order valence-corrected chi connectivity index (χ3v) is 3.99. The van der Waals surface area contributed by atoms with Crippen molar-refractivity contribution in [3.63, 3.8) is 0 Å². The summed E-state index contributed by atoms with van der Waals surface area (Å²) >= 11 is 1.41. The van der Waals surface area contributed by atoms with Gasteiger partial charge in [0.25, 0.3) is 5.91 Å². The van der Waals surface area contributed by atoms with Crippen molar-refractivity contribution in [1.82, 2.24) is 4.98 Å². The molecule has 0 atom stereocenters. The number of fused-ring (bicyclic) bond motifs is 1. The van der Waals surface area contributed by atoms with Crippen molar-refractivity contribution in [1.29, 1.82) is 0 Å². The van der Waals surface area contributed by atoms with Gasteiger partial charge >= 0.3 is 0 Å². The zero-order chi connectivity index (χ0) is 14.1. The molecule has 0 aliphatic carbocycles. The van der Waals surface area contributed by atoms with Gasteiger partial charge in [-0.1, -0.05) is 17.4 Å². The summed E-state index contributed by atoms with van der Waals surface area (Å²) in [4.78, 5) is 16.3. The van der Waals surface area contributed by atoms with Gasteiger partial charge in [0.05, 0.1) is 18.1 Å². The van der Waals surface area contributed by atoms with Crippen molar-refractivity contribution >= 4 is 32.6 Å². The average molecular weight is 288 g/mol. The monoisotopic (exact) mass is 288 g/mol. The Morgan fingerprint density at radius 2 is 2.25 bits per heavy atom. The third-order valence-electron chi connectivity index (χ3n) is 2.89. The van der Waals surface area contributed by atoms with Crippen LogP contribution in [0.2, 0.25) is 0 Å². The first kappa shape index (κ1) is 12.7. The Morgan fingerprint density at radius 3 is 2.95 bits per heavy atom. The highest BCUT2D eigenvalue weighted by Crippen LogP contribution is 2.34. The van der Waals surface area contributed by atoms with Crippen LogP contribution in [0.4, 0.5) is 5.13 Å². The van der Waals surface area contributed by atoms with E-state index < -0.39 is 0 Å². The van der Waals surface area contributed by atoms with Gasteiger partial charge in [-0.3, -0.25) is 10.1 Å². The molecule has 0 saturated carbocycles. The summed E-state index contributed by atoms with van der Waals surface area (Å²) in [5.74, 6) is 0.638. The molecule has 0 aliphatic rings. The minimum Gasteiger partial charge on any atom is -0.494 e. The summed E-state index contributed by atoms with van der Waals surface area (Å²) in [6, 6.07) is 7.11. The number of nitrogens with one attached hydrogen (secondary N) is 1. The van der Waals surface area contributed by atoms with Gasteiger partial charge in [0, 0.05) is 0 Å². The lowest BCUT2D eigenvalue weighted by Crippen LogP contribution is -2.10. The van der Waals surface area contributed by atoms with Crippen molar-refractivity contribution in [3.8, 4) is 5.75 Å². The molecule has 20 heavy (non-hydrogen) atoms. The summed E-state index contributed by atoms with van der Waals surface area (Å²) in [5.41, 5.74) is 1.85. The van der Waals surface area contributed by atoms with Crippen LogP contribution in [-0.2, 0) is 0 Å². The SMILES string of the molecule is COc1ccc(C)c2sc(NC(=O)c3ccco3)nc12. The molecule has 0 fully saturated rings. The molecule has 1 amide bonds. The minimum atomic E-state index is -0.314. The van der Waals surface area contributed by atoms with Gasteiger partial charge in [-0.2, -0.15) is 0 Å². The van der Waals surface area contributed by atoms with Gasteiger partial charge in [0.15, 0.2) is 10.9 Å². The molecule has 6 heteroatoms. The van der Waals surface area contributed by atoms with Crippen molar-refractivity contribution in [2.75, 3.05) is 12.4 Å². The Hall–Kier alpha value is -2.34. The van der Waals surface area contributed by atoms with Crippen LogP contribution >= 0.6 is 11.3 Å². The zero-order valence-corrected chi connectivity index (χ0v) is 11.8. The lowest BCUT2D eigenvalue weighted by molar-refractivity contribution is 0.0996. The smallest absolute Gasteiger partial charge is 0.293 e. The Balaban J connectivity index is 1.97. The fourth-order valence-corrected chi connectivity index (χ4v) is 2.84. The van der Waals surface area contributed by atoms with Crippen LogP contribution in [0.5, 0.6) is 5.75 Å². The molecule has 5 nitrogen and oxygen atoms in total. The highest BCUT2D eigenvalue weighted by atomic mass is 32.1. The highest BCUT2D eigenvalue weighted by molar-refractivity contribution is 7.22. The number of carbonyl (C=O) groups excluding carboxylic acids is 1. The zero-order valence-electron chi connectivity index (χ0n) is 11.0. The van der Waals surface area contributed by atoms with Gasteiger partial charge < -0.3 is 9.15 Å². The Morgan fingerprint density at radius 1 is 1.40 bits per heavy atom. The molecule has 0 radical (unpaired) electrons. The van der Waals surface area contributed by atoms with Crippen molar-refractivity contribution in [3.05, 3.63) is 41.9 Å². The van der Waals surface area contributed by atoms with Crippen molar-refractivity contribution in [2.24, 2.45) is 0 Å². The highest BCUT2D eigenvalue weighted by Gasteiger charge is 2.15. The number of anilines is 1. The lowest BCUT2D eigenvalue weighted by atomic mass is 10.2. The molecule has 102 valence electrons. The number of rotatable bonds is 3. The molecular formula is C14H12N2O3S. The van der Waals surface area contributed by atoms with Crippen LogP contribution in [0.15, 0.2) is 34.9 Å². The van der Waals surface area contributed by atoms with Gasteiger partial charge in [0.1, 0.15) is 11.3 Å². The van der Waals surface area contributed by atoms with Crippen LogP contribution in [0.3, 0.4) is 0 Å². The second kappa shape index (κ2) is 4.97. The van der Waals surface area contributed by atoms with Crippen LogP contribution < -0.4 is 10.1 Å². The molecule has 0 unspecified atom stereocenters. The fourth-order valence-electron chi connectivity index (χ4n) is 1.89. The number of hydrogen-bond donors (Lipinski definition) is 1. The normalized spacial score (nSPS) is 10.7. The number of nitrogens with zero attached hydrogens (tertiary/aromatic N) is 1. The summed E-state index contributed by atoms with van der Waals surface area (Å²) in [7, 11) is 1.60. The van der Waals surface area contributed by atoms with E-state index in [1.807, 2.05) is 19.1 Å². The maximum absolute atomic E-state index is 11.9. The maximum atomic E-state index is 11.9. The Bertz CT molecular complexity index is 762. The molecule has 0 bridgehead atoms. The average Bonchev–Trinajstić information content (AvgIpc) is 3.08. The first-order chi connectivity index (χ1) is 9.69. The number of aromatic nitrogens is 1. The molecule has 3 rings (SSSR count). The predicted octanol–water partition coefficient (Wildman–Crippen LogP) is 3.46. The summed E-state index contributed by atoms with van der Waals surface area (Å²) in [6.45, 7) is 2.00. The first-order valence-electron chi connectivity index (χ1n) is 5.98. The van der Waals surface area contributed by atoms with E-state index in [1.54, 1.807) is 19.2 Å². The standard InChI is InChI=1S/C14H12N2O3S/c1-8-5-6-9(18-2)11-12(8)20-14(15-11)16-13(17)10-4-3-7-19-10/h3-7H,1-2H3,(H,15,16,17). The summed E-state index contributed by atoms with van der Waals surface area (Å²) in [5, 5.41) is 3.25. The number of aryl methyl sites for hydroxylation is 1. The molecule has 1 aromatic carbocycles. The van der Waals surface area contributed by atoms with Gasteiger partial charge in [0.2, 0.25) is 0 Å². The van der Waals surface area contributed by atoms with Crippen LogP contribution in [-0.4, -0.2) is 18.0 Å². The number of hydrogen-bond acceptors (Lipinski definition) is 5. The molecule has 1 N–H and O–H groups in total. The largest absolute Gasteiger partial charge is 0.494 e. The molecule has 2 heterocycles. The van der Waals surface area contributed by atoms with Gasteiger partial charge in [-0.25, -0.2) is 4.98 Å². The van der Waals surface area contributed by atoms with E-state index in [0.717, 1.165) is 15.8 Å². The maximum Gasteiger partial charge on any atom is 0.293 e. The predicted molar refractivity (Wildman–Crippen MR) is 77.6 cm³/mol. The molecule has 0 saturated heterocycles. The first-order valence-corrected chi connectivity index (χ1v) is 6.79. The Labute approximate surface area is 119 Å². The van der Waals surface area contributed by atoms with Crippen molar-refractivity contribution in [2.45, 2.75) is 6.92 Å². The Kier molecular flexibility index (Phi) is 3.15. The number of ether oxygens (including phenoxy) is 1. The number of carbonyl (C=O) groups is 1. The molecule has 3 aromatic rings. The van der Waals surface area contributed by atoms with E-state index in [2.05, 4.69) is 10.3 Å². The summed E-state index contributed by atoms with van der Waals surface area (Å²) in [6.07, 6.45) is 1.46. The van der Waals surface area contributed by atoms with E-state index in [0.29, 0.717) is 10.9 Å². The topological polar surface area (TPSA) is 64.4 Å². The van der Waals surface area contributed by atoms with E-state index in [9.17, 15) is 4.79 Å². The van der Waals surface area contributed by atoms with Gasteiger partial charge in [-0.15, -0.1) is 0 Å².